The first-order valence-electron chi connectivity index (χ1n) is 8.50. The van der Waals surface area contributed by atoms with Crippen molar-refractivity contribution in [2.45, 2.75) is 19.8 Å². The predicted molar refractivity (Wildman–Crippen MR) is 104 cm³/mol. The molecule has 2 N–H and O–H groups in total. The molecular formula is C21H17ClN4O. The first kappa shape index (κ1) is 17.2. The highest BCUT2D eigenvalue weighted by atomic mass is 35.5. The van der Waals surface area contributed by atoms with Crippen LogP contribution in [0.5, 0.6) is 5.88 Å². The summed E-state index contributed by atoms with van der Waals surface area (Å²) in [6.45, 7) is 3.92. The minimum absolute atomic E-state index is 0.0724. The molecule has 0 amide bonds. The number of allylic oxidation sites excluding steroid dienone is 1. The molecule has 0 fully saturated rings. The van der Waals surface area contributed by atoms with E-state index < -0.39 is 5.92 Å². The van der Waals surface area contributed by atoms with Gasteiger partial charge in [-0.15, -0.1) is 0 Å². The highest BCUT2D eigenvalue weighted by Crippen LogP contribution is 2.46. The molecule has 1 atom stereocenters. The molecule has 5 nitrogen and oxygen atoms in total. The Bertz CT molecular complexity index is 1110. The number of nitrogens with zero attached hydrogens (tertiary/aromatic N) is 3. The van der Waals surface area contributed by atoms with Crippen molar-refractivity contribution in [2.24, 2.45) is 5.73 Å². The van der Waals surface area contributed by atoms with Crippen LogP contribution >= 0.6 is 11.6 Å². The fraction of sp³-hybridized carbons (Fsp3) is 0.143. The molecule has 0 aliphatic carbocycles. The lowest BCUT2D eigenvalue weighted by molar-refractivity contribution is 0.367. The molecule has 2 aromatic carbocycles. The number of nitrogens with two attached hydrogens (primary N) is 1. The van der Waals surface area contributed by atoms with Gasteiger partial charge in [-0.3, -0.25) is 0 Å². The van der Waals surface area contributed by atoms with Gasteiger partial charge in [0.15, 0.2) is 0 Å². The summed E-state index contributed by atoms with van der Waals surface area (Å²) in [5.41, 5.74) is 10.8. The van der Waals surface area contributed by atoms with E-state index in [1.165, 1.54) is 0 Å². The lowest BCUT2D eigenvalue weighted by atomic mass is 9.84. The maximum Gasteiger partial charge on any atom is 0.229 e. The summed E-state index contributed by atoms with van der Waals surface area (Å²) in [6.07, 6.45) is 0. The quantitative estimate of drug-likeness (QED) is 0.720. The van der Waals surface area contributed by atoms with Gasteiger partial charge in [0.1, 0.15) is 11.6 Å². The van der Waals surface area contributed by atoms with Crippen LogP contribution in [0.25, 0.3) is 5.69 Å². The van der Waals surface area contributed by atoms with Crippen molar-refractivity contribution < 1.29 is 4.74 Å². The van der Waals surface area contributed by atoms with E-state index in [-0.39, 0.29) is 5.88 Å². The number of aromatic nitrogens is 2. The van der Waals surface area contributed by atoms with Crippen molar-refractivity contribution in [1.82, 2.24) is 9.78 Å². The van der Waals surface area contributed by atoms with Crippen LogP contribution in [0.15, 0.2) is 60.0 Å². The second-order valence-electron chi connectivity index (χ2n) is 6.50. The van der Waals surface area contributed by atoms with Crippen molar-refractivity contribution in [3.63, 3.8) is 0 Å². The number of hydrogen-bond acceptors (Lipinski definition) is 4. The van der Waals surface area contributed by atoms with E-state index in [0.717, 1.165) is 28.1 Å². The average molecular weight is 377 g/mol. The predicted octanol–water partition coefficient (Wildman–Crippen LogP) is 4.36. The van der Waals surface area contributed by atoms with Crippen LogP contribution in [0.2, 0.25) is 5.02 Å². The normalized spacial score (nSPS) is 15.9. The number of rotatable bonds is 2. The Labute approximate surface area is 162 Å². The number of fused-ring (bicyclic) bond motifs is 1. The smallest absolute Gasteiger partial charge is 0.229 e. The summed E-state index contributed by atoms with van der Waals surface area (Å²) in [5, 5.41) is 14.9. The monoisotopic (exact) mass is 376 g/mol. The highest BCUT2D eigenvalue weighted by Gasteiger charge is 2.36. The SMILES string of the molecule is Cc1ccc(-n2nc(C)c3c2OC(N)=C(C#N)[C@H]3c2ccccc2Cl)cc1. The van der Waals surface area contributed by atoms with E-state index in [9.17, 15) is 5.26 Å². The second kappa shape index (κ2) is 6.49. The van der Waals surface area contributed by atoms with Crippen LogP contribution in [0.1, 0.15) is 28.3 Å². The number of ether oxygens (including phenoxy) is 1. The minimum Gasteiger partial charge on any atom is -0.422 e. The van der Waals surface area contributed by atoms with Crippen molar-refractivity contribution in [3.05, 3.63) is 87.4 Å². The third-order valence-electron chi connectivity index (χ3n) is 4.73. The van der Waals surface area contributed by atoms with Crippen LogP contribution in [0, 0.1) is 25.2 Å². The molecule has 0 unspecified atom stereocenters. The molecule has 0 saturated carbocycles. The minimum atomic E-state index is -0.424. The van der Waals surface area contributed by atoms with Gasteiger partial charge in [0.25, 0.3) is 0 Å². The van der Waals surface area contributed by atoms with Crippen LogP contribution in [-0.4, -0.2) is 9.78 Å². The van der Waals surface area contributed by atoms with Crippen molar-refractivity contribution >= 4 is 11.6 Å². The average Bonchev–Trinajstić information content (AvgIpc) is 2.98. The number of nitriles is 1. The zero-order valence-corrected chi connectivity index (χ0v) is 15.7. The van der Waals surface area contributed by atoms with Crippen LogP contribution in [-0.2, 0) is 0 Å². The summed E-state index contributed by atoms with van der Waals surface area (Å²) in [5.74, 6) is 0.160. The Hall–Kier alpha value is -3.23. The van der Waals surface area contributed by atoms with Crippen molar-refractivity contribution in [3.8, 4) is 17.6 Å². The molecular weight excluding hydrogens is 360 g/mol. The van der Waals surface area contributed by atoms with Gasteiger partial charge in [-0.2, -0.15) is 10.4 Å². The van der Waals surface area contributed by atoms with E-state index in [1.807, 2.05) is 56.3 Å². The number of benzene rings is 2. The Morgan fingerprint density at radius 3 is 2.52 bits per heavy atom. The first-order chi connectivity index (χ1) is 13.0. The molecule has 1 aliphatic heterocycles. The standard InChI is InChI=1S/C21H17ClN4O/c1-12-7-9-14(10-8-12)26-21-18(13(2)25-26)19(16(11-23)20(24)27-21)15-5-3-4-6-17(15)22/h3-10,19H,24H2,1-2H3/t19-/m1/s1. The van der Waals surface area contributed by atoms with Gasteiger partial charge < -0.3 is 10.5 Å². The molecule has 134 valence electrons. The largest absolute Gasteiger partial charge is 0.422 e. The van der Waals surface area contributed by atoms with Gasteiger partial charge in [-0.25, -0.2) is 4.68 Å². The lowest BCUT2D eigenvalue weighted by Gasteiger charge is -2.25. The van der Waals surface area contributed by atoms with E-state index in [4.69, 9.17) is 22.1 Å². The van der Waals surface area contributed by atoms with Crippen LogP contribution in [0.4, 0.5) is 0 Å². The summed E-state index contributed by atoms with van der Waals surface area (Å²) >= 11 is 6.45. The molecule has 0 saturated heterocycles. The van der Waals surface area contributed by atoms with E-state index in [2.05, 4.69) is 11.2 Å². The lowest BCUT2D eigenvalue weighted by Crippen LogP contribution is -2.22. The Kier molecular flexibility index (Phi) is 4.14. The molecule has 27 heavy (non-hydrogen) atoms. The van der Waals surface area contributed by atoms with E-state index in [0.29, 0.717) is 16.5 Å². The Morgan fingerprint density at radius 1 is 1.15 bits per heavy atom. The molecule has 0 radical (unpaired) electrons. The van der Waals surface area contributed by atoms with Gasteiger partial charge in [-0.05, 0) is 37.6 Å². The zero-order valence-electron chi connectivity index (χ0n) is 14.9. The molecule has 1 aliphatic rings. The molecule has 4 rings (SSSR count). The molecule has 3 aromatic rings. The number of halogens is 1. The summed E-state index contributed by atoms with van der Waals surface area (Å²) < 4.78 is 7.57. The molecule has 0 bridgehead atoms. The molecule has 2 heterocycles. The Balaban J connectivity index is 1.97. The second-order valence-corrected chi connectivity index (χ2v) is 6.91. The third-order valence-corrected chi connectivity index (χ3v) is 5.07. The van der Waals surface area contributed by atoms with Crippen LogP contribution < -0.4 is 10.5 Å². The van der Waals surface area contributed by atoms with Gasteiger partial charge in [0.2, 0.25) is 11.8 Å². The summed E-state index contributed by atoms with van der Waals surface area (Å²) in [6, 6.07) is 17.6. The number of aryl methyl sites for hydroxylation is 2. The third kappa shape index (κ3) is 2.75. The number of hydrogen-bond donors (Lipinski definition) is 1. The topological polar surface area (TPSA) is 76.9 Å². The van der Waals surface area contributed by atoms with Gasteiger partial charge >= 0.3 is 0 Å². The first-order valence-corrected chi connectivity index (χ1v) is 8.87. The molecule has 6 heteroatoms. The van der Waals surface area contributed by atoms with Crippen molar-refractivity contribution in [2.75, 3.05) is 0 Å². The van der Waals surface area contributed by atoms with Crippen LogP contribution in [0.3, 0.4) is 0 Å². The van der Waals surface area contributed by atoms with Gasteiger partial charge in [-0.1, -0.05) is 47.5 Å². The summed E-state index contributed by atoms with van der Waals surface area (Å²) in [4.78, 5) is 0. The van der Waals surface area contributed by atoms with Crippen molar-refractivity contribution in [1.29, 1.82) is 5.26 Å². The molecule has 0 spiro atoms. The zero-order chi connectivity index (χ0) is 19.1. The van der Waals surface area contributed by atoms with Gasteiger partial charge in [0.05, 0.1) is 22.9 Å². The van der Waals surface area contributed by atoms with E-state index in [1.54, 1.807) is 10.7 Å². The fourth-order valence-electron chi connectivity index (χ4n) is 3.40. The molecule has 1 aromatic heterocycles. The van der Waals surface area contributed by atoms with Gasteiger partial charge in [0, 0.05) is 5.02 Å². The maximum atomic E-state index is 9.72. The fourth-order valence-corrected chi connectivity index (χ4v) is 3.64. The van der Waals surface area contributed by atoms with E-state index >= 15 is 0 Å². The Morgan fingerprint density at radius 2 is 1.85 bits per heavy atom. The summed E-state index contributed by atoms with van der Waals surface area (Å²) in [7, 11) is 0. The highest BCUT2D eigenvalue weighted by molar-refractivity contribution is 6.31. The maximum absolute atomic E-state index is 9.72.